The molecular formula is C10H12N2. The van der Waals surface area contributed by atoms with Crippen molar-refractivity contribution in [3.63, 3.8) is 0 Å². The van der Waals surface area contributed by atoms with Gasteiger partial charge in [0.2, 0.25) is 0 Å². The number of nitrogens with zero attached hydrogens (tertiary/aromatic N) is 1. The van der Waals surface area contributed by atoms with Gasteiger partial charge in [0, 0.05) is 18.2 Å². The van der Waals surface area contributed by atoms with Crippen molar-refractivity contribution in [2.75, 3.05) is 5.32 Å². The van der Waals surface area contributed by atoms with Gasteiger partial charge in [-0.05, 0) is 24.0 Å². The van der Waals surface area contributed by atoms with Crippen molar-refractivity contribution >= 4 is 5.82 Å². The van der Waals surface area contributed by atoms with Gasteiger partial charge in [-0.1, -0.05) is 13.0 Å². The lowest BCUT2D eigenvalue weighted by atomic mass is 10.1. The van der Waals surface area contributed by atoms with E-state index in [-0.39, 0.29) is 0 Å². The van der Waals surface area contributed by atoms with E-state index in [2.05, 4.69) is 23.3 Å². The molecule has 2 aliphatic rings. The normalized spacial score (nSPS) is 29.1. The SMILES string of the molecule is CCc1cnc2c(c1)C1CC1N2. The Kier molecular flexibility index (Phi) is 1.08. The zero-order valence-electron chi connectivity index (χ0n) is 7.17. The summed E-state index contributed by atoms with van der Waals surface area (Å²) in [5.41, 5.74) is 2.82. The van der Waals surface area contributed by atoms with E-state index in [0.29, 0.717) is 0 Å². The Morgan fingerprint density at radius 1 is 1.67 bits per heavy atom. The molecular weight excluding hydrogens is 148 g/mol. The molecule has 1 saturated carbocycles. The van der Waals surface area contributed by atoms with Crippen LogP contribution in [0.4, 0.5) is 5.82 Å². The average molecular weight is 160 g/mol. The molecule has 1 N–H and O–H groups in total. The van der Waals surface area contributed by atoms with Crippen molar-refractivity contribution in [2.45, 2.75) is 31.7 Å². The number of aromatic nitrogens is 1. The number of nitrogens with one attached hydrogen (secondary N) is 1. The Labute approximate surface area is 72.0 Å². The molecule has 1 aromatic heterocycles. The molecule has 0 saturated heterocycles. The molecule has 2 nitrogen and oxygen atoms in total. The van der Waals surface area contributed by atoms with Gasteiger partial charge in [-0.25, -0.2) is 4.98 Å². The number of hydrogen-bond donors (Lipinski definition) is 1. The molecule has 2 atom stereocenters. The van der Waals surface area contributed by atoms with Crippen LogP contribution in [-0.4, -0.2) is 11.0 Å². The number of pyridine rings is 1. The molecule has 1 aliphatic heterocycles. The van der Waals surface area contributed by atoms with Crippen LogP contribution in [0.15, 0.2) is 12.3 Å². The molecule has 62 valence electrons. The lowest BCUT2D eigenvalue weighted by Gasteiger charge is -2.03. The zero-order valence-corrected chi connectivity index (χ0v) is 7.17. The number of anilines is 1. The smallest absolute Gasteiger partial charge is 0.129 e. The largest absolute Gasteiger partial charge is 0.366 e. The van der Waals surface area contributed by atoms with E-state index in [0.717, 1.165) is 24.2 Å². The van der Waals surface area contributed by atoms with Crippen molar-refractivity contribution in [1.82, 2.24) is 4.98 Å². The van der Waals surface area contributed by atoms with Crippen LogP contribution in [0.1, 0.15) is 30.4 Å². The van der Waals surface area contributed by atoms with Crippen molar-refractivity contribution in [1.29, 1.82) is 0 Å². The van der Waals surface area contributed by atoms with Gasteiger partial charge in [0.05, 0.1) is 0 Å². The Balaban J connectivity index is 2.09. The van der Waals surface area contributed by atoms with Crippen molar-refractivity contribution in [3.8, 4) is 0 Å². The maximum atomic E-state index is 4.40. The standard InChI is InChI=1S/C10H12N2/c1-2-6-3-8-7-4-9(7)12-10(8)11-5-6/h3,5,7,9H,2,4H2,1H3,(H,11,12). The Hall–Kier alpha value is -1.05. The fourth-order valence-electron chi connectivity index (χ4n) is 2.00. The predicted molar refractivity (Wildman–Crippen MR) is 48.4 cm³/mol. The first-order chi connectivity index (χ1) is 5.88. The minimum atomic E-state index is 0.722. The van der Waals surface area contributed by atoms with E-state index < -0.39 is 0 Å². The highest BCUT2D eigenvalue weighted by Gasteiger charge is 2.45. The molecule has 0 aromatic carbocycles. The van der Waals surface area contributed by atoms with Crippen LogP contribution in [0, 0.1) is 0 Å². The molecule has 3 rings (SSSR count). The lowest BCUT2D eigenvalue weighted by Crippen LogP contribution is -1.98. The number of aryl methyl sites for hydroxylation is 1. The van der Waals surface area contributed by atoms with Crippen LogP contribution in [0.25, 0.3) is 0 Å². The number of hydrogen-bond acceptors (Lipinski definition) is 2. The van der Waals surface area contributed by atoms with Gasteiger partial charge in [-0.3, -0.25) is 0 Å². The van der Waals surface area contributed by atoms with E-state index >= 15 is 0 Å². The highest BCUT2D eigenvalue weighted by Crippen LogP contribution is 2.50. The van der Waals surface area contributed by atoms with Crippen LogP contribution < -0.4 is 5.32 Å². The third kappa shape index (κ3) is 0.724. The second kappa shape index (κ2) is 2.00. The van der Waals surface area contributed by atoms with E-state index in [1.807, 2.05) is 6.20 Å². The van der Waals surface area contributed by atoms with E-state index in [9.17, 15) is 0 Å². The van der Waals surface area contributed by atoms with Gasteiger partial charge in [0.25, 0.3) is 0 Å². The molecule has 0 spiro atoms. The fourth-order valence-corrected chi connectivity index (χ4v) is 2.00. The summed E-state index contributed by atoms with van der Waals surface area (Å²) in [6.45, 7) is 2.18. The minimum absolute atomic E-state index is 0.722. The van der Waals surface area contributed by atoms with Crippen LogP contribution in [0.2, 0.25) is 0 Å². The molecule has 2 heteroatoms. The maximum absolute atomic E-state index is 4.40. The Morgan fingerprint density at radius 2 is 2.58 bits per heavy atom. The molecule has 0 amide bonds. The monoisotopic (exact) mass is 160 g/mol. The molecule has 12 heavy (non-hydrogen) atoms. The van der Waals surface area contributed by atoms with Crippen molar-refractivity contribution < 1.29 is 0 Å². The number of fused-ring (bicyclic) bond motifs is 3. The van der Waals surface area contributed by atoms with Crippen molar-refractivity contribution in [2.24, 2.45) is 0 Å². The molecule has 0 bridgehead atoms. The summed E-state index contributed by atoms with van der Waals surface area (Å²) in [5.74, 6) is 1.92. The van der Waals surface area contributed by atoms with E-state index in [4.69, 9.17) is 0 Å². The second-order valence-electron chi connectivity index (χ2n) is 3.73. The summed E-state index contributed by atoms with van der Waals surface area (Å²) in [6, 6.07) is 3.03. The van der Waals surface area contributed by atoms with Gasteiger partial charge in [-0.2, -0.15) is 0 Å². The summed E-state index contributed by atoms with van der Waals surface area (Å²) < 4.78 is 0. The summed E-state index contributed by atoms with van der Waals surface area (Å²) in [7, 11) is 0. The average Bonchev–Trinajstić information content (AvgIpc) is 2.79. The molecule has 2 heterocycles. The summed E-state index contributed by atoms with van der Waals surface area (Å²) >= 11 is 0. The highest BCUT2D eigenvalue weighted by molar-refractivity contribution is 5.59. The van der Waals surface area contributed by atoms with Gasteiger partial charge < -0.3 is 5.32 Å². The lowest BCUT2D eigenvalue weighted by molar-refractivity contribution is 1.07. The molecule has 2 unspecified atom stereocenters. The topological polar surface area (TPSA) is 24.9 Å². The molecule has 1 aliphatic carbocycles. The summed E-state index contributed by atoms with van der Waals surface area (Å²) in [5, 5.41) is 3.41. The maximum Gasteiger partial charge on any atom is 0.129 e. The van der Waals surface area contributed by atoms with Crippen LogP contribution in [-0.2, 0) is 6.42 Å². The van der Waals surface area contributed by atoms with Gasteiger partial charge in [0.1, 0.15) is 5.82 Å². The summed E-state index contributed by atoms with van der Waals surface area (Å²) in [4.78, 5) is 4.40. The highest BCUT2D eigenvalue weighted by atomic mass is 15.1. The van der Waals surface area contributed by atoms with Gasteiger partial charge in [0.15, 0.2) is 0 Å². The molecule has 1 fully saturated rings. The third-order valence-corrected chi connectivity index (χ3v) is 2.89. The van der Waals surface area contributed by atoms with Crippen molar-refractivity contribution in [3.05, 3.63) is 23.4 Å². The first kappa shape index (κ1) is 6.46. The first-order valence-corrected chi connectivity index (χ1v) is 4.64. The van der Waals surface area contributed by atoms with Crippen LogP contribution in [0.5, 0.6) is 0 Å². The molecule has 0 radical (unpaired) electrons. The minimum Gasteiger partial charge on any atom is -0.366 e. The van der Waals surface area contributed by atoms with Crippen LogP contribution >= 0.6 is 0 Å². The number of rotatable bonds is 1. The predicted octanol–water partition coefficient (Wildman–Crippen LogP) is 1.93. The molecule has 1 aromatic rings. The van der Waals surface area contributed by atoms with E-state index in [1.165, 1.54) is 17.5 Å². The quantitative estimate of drug-likeness (QED) is 0.679. The zero-order chi connectivity index (χ0) is 8.13. The first-order valence-electron chi connectivity index (χ1n) is 4.64. The van der Waals surface area contributed by atoms with Crippen LogP contribution in [0.3, 0.4) is 0 Å². The second-order valence-corrected chi connectivity index (χ2v) is 3.73. The van der Waals surface area contributed by atoms with E-state index in [1.54, 1.807) is 0 Å². The van der Waals surface area contributed by atoms with Gasteiger partial charge >= 0.3 is 0 Å². The third-order valence-electron chi connectivity index (χ3n) is 2.89. The summed E-state index contributed by atoms with van der Waals surface area (Å²) in [6.07, 6.45) is 4.40. The Bertz CT molecular complexity index is 333. The fraction of sp³-hybridized carbons (Fsp3) is 0.500. The Morgan fingerprint density at radius 3 is 3.42 bits per heavy atom. The van der Waals surface area contributed by atoms with Gasteiger partial charge in [-0.15, -0.1) is 0 Å².